The highest BCUT2D eigenvalue weighted by molar-refractivity contribution is 6.04. The van der Waals surface area contributed by atoms with Gasteiger partial charge in [-0.3, -0.25) is 9.78 Å². The third-order valence-corrected chi connectivity index (χ3v) is 2.81. The fraction of sp³-hybridized carbons (Fsp3) is 0.250. The van der Waals surface area contributed by atoms with Crippen molar-refractivity contribution in [3.63, 3.8) is 0 Å². The van der Waals surface area contributed by atoms with Crippen molar-refractivity contribution in [2.75, 3.05) is 23.8 Å². The lowest BCUT2D eigenvalue weighted by Gasteiger charge is -2.11. The van der Waals surface area contributed by atoms with E-state index in [1.807, 2.05) is 38.1 Å². The number of nitrogens with zero attached hydrogens (tertiary/aromatic N) is 1. The van der Waals surface area contributed by atoms with Gasteiger partial charge in [-0.15, -0.1) is 0 Å². The van der Waals surface area contributed by atoms with Gasteiger partial charge in [-0.05, 0) is 38.1 Å². The lowest BCUT2D eigenvalue weighted by Crippen LogP contribution is -2.15. The van der Waals surface area contributed by atoms with Crippen molar-refractivity contribution in [3.05, 3.63) is 48.3 Å². The van der Waals surface area contributed by atoms with Gasteiger partial charge in [-0.2, -0.15) is 0 Å². The van der Waals surface area contributed by atoms with Crippen LogP contribution in [0.25, 0.3) is 0 Å². The zero-order valence-corrected chi connectivity index (χ0v) is 12.2. The van der Waals surface area contributed by atoms with Crippen molar-refractivity contribution in [1.82, 2.24) is 4.98 Å². The molecule has 0 fully saturated rings. The molecule has 0 aliphatic heterocycles. The molecule has 0 radical (unpaired) electrons. The first-order valence-electron chi connectivity index (χ1n) is 6.97. The van der Waals surface area contributed by atoms with Crippen molar-refractivity contribution in [2.24, 2.45) is 0 Å². The van der Waals surface area contributed by atoms with Gasteiger partial charge in [-0.1, -0.05) is 12.1 Å². The van der Waals surface area contributed by atoms with Crippen molar-refractivity contribution in [2.45, 2.75) is 13.8 Å². The summed E-state index contributed by atoms with van der Waals surface area (Å²) in [4.78, 5) is 16.4. The number of rotatable bonds is 6. The van der Waals surface area contributed by atoms with E-state index in [2.05, 4.69) is 15.6 Å². The molecule has 110 valence electrons. The van der Waals surface area contributed by atoms with Gasteiger partial charge in [0.25, 0.3) is 5.91 Å². The lowest BCUT2D eigenvalue weighted by atomic mass is 10.2. The van der Waals surface area contributed by atoms with E-state index < -0.39 is 0 Å². The Morgan fingerprint density at radius 3 is 2.81 bits per heavy atom. The van der Waals surface area contributed by atoms with Gasteiger partial charge in [0.2, 0.25) is 0 Å². The van der Waals surface area contributed by atoms with E-state index in [4.69, 9.17) is 4.74 Å². The first-order chi connectivity index (χ1) is 10.2. The highest BCUT2D eigenvalue weighted by Gasteiger charge is 2.11. The SMILES string of the molecule is CCNc1ccnc(C(=O)Nc2ccccc2OCC)c1. The van der Waals surface area contributed by atoms with Crippen molar-refractivity contribution >= 4 is 17.3 Å². The Balaban J connectivity index is 2.16. The maximum absolute atomic E-state index is 12.3. The highest BCUT2D eigenvalue weighted by Crippen LogP contribution is 2.24. The van der Waals surface area contributed by atoms with Crippen LogP contribution < -0.4 is 15.4 Å². The molecule has 2 aromatic rings. The number of amides is 1. The van der Waals surface area contributed by atoms with Crippen LogP contribution in [0, 0.1) is 0 Å². The summed E-state index contributed by atoms with van der Waals surface area (Å²) in [6, 6.07) is 10.9. The number of anilines is 2. The van der Waals surface area contributed by atoms with Crippen LogP contribution in [-0.2, 0) is 0 Å². The number of pyridine rings is 1. The van der Waals surface area contributed by atoms with E-state index in [0.717, 1.165) is 12.2 Å². The van der Waals surface area contributed by atoms with Gasteiger partial charge in [-0.25, -0.2) is 0 Å². The minimum atomic E-state index is -0.262. The second-order valence-electron chi connectivity index (χ2n) is 4.34. The maximum atomic E-state index is 12.3. The number of nitrogens with one attached hydrogen (secondary N) is 2. The van der Waals surface area contributed by atoms with Crippen molar-refractivity contribution in [1.29, 1.82) is 0 Å². The first kappa shape index (κ1) is 14.8. The Labute approximate surface area is 124 Å². The fourth-order valence-corrected chi connectivity index (χ4v) is 1.91. The zero-order chi connectivity index (χ0) is 15.1. The van der Waals surface area contributed by atoms with E-state index in [-0.39, 0.29) is 5.91 Å². The molecule has 1 amide bonds. The van der Waals surface area contributed by atoms with Gasteiger partial charge in [0, 0.05) is 18.4 Å². The lowest BCUT2D eigenvalue weighted by molar-refractivity contribution is 0.102. The molecular weight excluding hydrogens is 266 g/mol. The molecule has 5 heteroatoms. The van der Waals surface area contributed by atoms with Gasteiger partial charge >= 0.3 is 0 Å². The van der Waals surface area contributed by atoms with Gasteiger partial charge in [0.15, 0.2) is 0 Å². The minimum Gasteiger partial charge on any atom is -0.492 e. The minimum absolute atomic E-state index is 0.262. The topological polar surface area (TPSA) is 63.2 Å². The second-order valence-corrected chi connectivity index (χ2v) is 4.34. The quantitative estimate of drug-likeness (QED) is 0.855. The molecule has 0 unspecified atom stereocenters. The average molecular weight is 285 g/mol. The second kappa shape index (κ2) is 7.28. The van der Waals surface area contributed by atoms with Crippen LogP contribution >= 0.6 is 0 Å². The third kappa shape index (κ3) is 3.95. The molecule has 0 saturated heterocycles. The number of hydrogen-bond donors (Lipinski definition) is 2. The molecule has 5 nitrogen and oxygen atoms in total. The molecule has 0 aliphatic carbocycles. The number of ether oxygens (including phenoxy) is 1. The smallest absolute Gasteiger partial charge is 0.274 e. The van der Waals surface area contributed by atoms with Crippen molar-refractivity contribution < 1.29 is 9.53 Å². The largest absolute Gasteiger partial charge is 0.492 e. The molecule has 1 heterocycles. The molecule has 1 aromatic carbocycles. The van der Waals surface area contributed by atoms with Crippen LogP contribution in [0.4, 0.5) is 11.4 Å². The molecule has 0 aliphatic rings. The summed E-state index contributed by atoms with van der Waals surface area (Å²) in [5.41, 5.74) is 1.87. The number of benzene rings is 1. The van der Waals surface area contributed by atoms with E-state index >= 15 is 0 Å². The molecule has 0 spiro atoms. The first-order valence-corrected chi connectivity index (χ1v) is 6.97. The van der Waals surface area contributed by atoms with Crippen molar-refractivity contribution in [3.8, 4) is 5.75 Å². The monoisotopic (exact) mass is 285 g/mol. The van der Waals surface area contributed by atoms with Gasteiger partial charge in [0.05, 0.1) is 12.3 Å². The molecule has 2 rings (SSSR count). The Kier molecular flexibility index (Phi) is 5.15. The van der Waals surface area contributed by atoms with Crippen LogP contribution in [-0.4, -0.2) is 24.0 Å². The van der Waals surface area contributed by atoms with Crippen LogP contribution in [0.3, 0.4) is 0 Å². The molecule has 21 heavy (non-hydrogen) atoms. The summed E-state index contributed by atoms with van der Waals surface area (Å²) in [7, 11) is 0. The Bertz CT molecular complexity index is 614. The third-order valence-electron chi connectivity index (χ3n) is 2.81. The summed E-state index contributed by atoms with van der Waals surface area (Å²) >= 11 is 0. The van der Waals surface area contributed by atoms with Crippen LogP contribution in [0.15, 0.2) is 42.6 Å². The van der Waals surface area contributed by atoms with Crippen LogP contribution in [0.1, 0.15) is 24.3 Å². The number of para-hydroxylation sites is 2. The van der Waals surface area contributed by atoms with E-state index in [1.54, 1.807) is 18.3 Å². The predicted octanol–water partition coefficient (Wildman–Crippen LogP) is 3.16. The Hall–Kier alpha value is -2.56. The van der Waals surface area contributed by atoms with Crippen LogP contribution in [0.5, 0.6) is 5.75 Å². The number of carbonyl (C=O) groups is 1. The molecule has 2 N–H and O–H groups in total. The summed E-state index contributed by atoms with van der Waals surface area (Å²) in [6.45, 7) is 5.23. The highest BCUT2D eigenvalue weighted by atomic mass is 16.5. The van der Waals surface area contributed by atoms with Crippen LogP contribution in [0.2, 0.25) is 0 Å². The standard InChI is InChI=1S/C16H19N3O2/c1-3-17-12-9-10-18-14(11-12)16(20)19-13-7-5-6-8-15(13)21-4-2/h5-11H,3-4H2,1-2H3,(H,17,18)(H,19,20). The zero-order valence-electron chi connectivity index (χ0n) is 12.2. The summed E-state index contributed by atoms with van der Waals surface area (Å²) in [5, 5.41) is 5.98. The van der Waals surface area contributed by atoms with Gasteiger partial charge in [0.1, 0.15) is 11.4 Å². The average Bonchev–Trinajstić information content (AvgIpc) is 2.50. The molecule has 0 atom stereocenters. The van der Waals surface area contributed by atoms with E-state index in [1.165, 1.54) is 0 Å². The maximum Gasteiger partial charge on any atom is 0.274 e. The van der Waals surface area contributed by atoms with E-state index in [9.17, 15) is 4.79 Å². The number of carbonyl (C=O) groups excluding carboxylic acids is 1. The summed E-state index contributed by atoms with van der Waals surface area (Å²) in [6.07, 6.45) is 1.61. The molecule has 1 aromatic heterocycles. The number of hydrogen-bond acceptors (Lipinski definition) is 4. The summed E-state index contributed by atoms with van der Waals surface area (Å²) in [5.74, 6) is 0.387. The Morgan fingerprint density at radius 2 is 2.05 bits per heavy atom. The van der Waals surface area contributed by atoms with E-state index in [0.29, 0.717) is 23.7 Å². The fourth-order valence-electron chi connectivity index (χ4n) is 1.91. The molecule has 0 bridgehead atoms. The predicted molar refractivity (Wildman–Crippen MR) is 84.0 cm³/mol. The molecular formula is C16H19N3O2. The number of aromatic nitrogens is 1. The normalized spacial score (nSPS) is 10.0. The summed E-state index contributed by atoms with van der Waals surface area (Å²) < 4.78 is 5.49. The van der Waals surface area contributed by atoms with Gasteiger partial charge < -0.3 is 15.4 Å². The molecule has 0 saturated carbocycles. The Morgan fingerprint density at radius 1 is 1.24 bits per heavy atom.